The van der Waals surface area contributed by atoms with Gasteiger partial charge in [-0.3, -0.25) is 4.79 Å². The molecule has 1 aromatic rings. The molecule has 0 saturated carbocycles. The summed E-state index contributed by atoms with van der Waals surface area (Å²) in [4.78, 5) is 10.9. The predicted molar refractivity (Wildman–Crippen MR) is 64.7 cm³/mol. The third-order valence-electron chi connectivity index (χ3n) is 2.83. The van der Waals surface area contributed by atoms with Gasteiger partial charge in [0.1, 0.15) is 0 Å². The van der Waals surface area contributed by atoms with E-state index in [1.807, 2.05) is 30.4 Å². The molecule has 2 heteroatoms. The van der Waals surface area contributed by atoms with Crippen molar-refractivity contribution in [3.63, 3.8) is 0 Å². The van der Waals surface area contributed by atoms with Crippen molar-refractivity contribution in [1.82, 2.24) is 0 Å². The van der Waals surface area contributed by atoms with E-state index in [-0.39, 0.29) is 5.91 Å². The fraction of sp³-hybridized carbons (Fsp3) is 0.214. The van der Waals surface area contributed by atoms with E-state index in [0.717, 1.165) is 24.8 Å². The Morgan fingerprint density at radius 1 is 1.12 bits per heavy atom. The van der Waals surface area contributed by atoms with Crippen LogP contribution in [0.1, 0.15) is 18.4 Å². The Bertz CT molecular complexity index is 443. The molecule has 0 saturated heterocycles. The SMILES string of the molecule is NC(=O)C1=CC=C(Cc2ccccc2)CC1. The summed E-state index contributed by atoms with van der Waals surface area (Å²) in [6.07, 6.45) is 6.54. The predicted octanol–water partition coefficient (Wildman–Crippen LogP) is 2.36. The first-order valence-corrected chi connectivity index (χ1v) is 5.48. The zero-order valence-corrected chi connectivity index (χ0v) is 9.15. The monoisotopic (exact) mass is 213 g/mol. The van der Waals surface area contributed by atoms with Crippen LogP contribution in [0.3, 0.4) is 0 Å². The lowest BCUT2D eigenvalue weighted by Gasteiger charge is -2.12. The summed E-state index contributed by atoms with van der Waals surface area (Å²) in [5.74, 6) is -0.296. The average Bonchev–Trinajstić information content (AvgIpc) is 2.31. The lowest BCUT2D eigenvalue weighted by Crippen LogP contribution is -2.15. The van der Waals surface area contributed by atoms with Crippen LogP contribution in [0, 0.1) is 0 Å². The molecule has 2 N–H and O–H groups in total. The van der Waals surface area contributed by atoms with E-state index in [4.69, 9.17) is 5.73 Å². The van der Waals surface area contributed by atoms with Gasteiger partial charge in [0.15, 0.2) is 0 Å². The van der Waals surface area contributed by atoms with E-state index in [1.54, 1.807) is 0 Å². The van der Waals surface area contributed by atoms with Crippen molar-refractivity contribution in [3.05, 3.63) is 59.2 Å². The number of amides is 1. The Kier molecular flexibility index (Phi) is 3.20. The second kappa shape index (κ2) is 4.79. The number of allylic oxidation sites excluding steroid dienone is 3. The zero-order chi connectivity index (χ0) is 11.4. The summed E-state index contributed by atoms with van der Waals surface area (Å²) in [5, 5.41) is 0. The highest BCUT2D eigenvalue weighted by Gasteiger charge is 2.10. The summed E-state index contributed by atoms with van der Waals surface area (Å²) >= 11 is 0. The molecular formula is C14H15NO. The van der Waals surface area contributed by atoms with Gasteiger partial charge >= 0.3 is 0 Å². The van der Waals surface area contributed by atoms with Crippen LogP contribution in [0.2, 0.25) is 0 Å². The second-order valence-electron chi connectivity index (χ2n) is 4.04. The maximum atomic E-state index is 10.9. The van der Waals surface area contributed by atoms with Crippen molar-refractivity contribution in [2.24, 2.45) is 5.73 Å². The molecule has 16 heavy (non-hydrogen) atoms. The highest BCUT2D eigenvalue weighted by molar-refractivity contribution is 5.92. The van der Waals surface area contributed by atoms with Gasteiger partial charge in [-0.05, 0) is 24.8 Å². The van der Waals surface area contributed by atoms with Gasteiger partial charge in [0.05, 0.1) is 0 Å². The molecule has 0 spiro atoms. The molecule has 0 radical (unpaired) electrons. The van der Waals surface area contributed by atoms with Crippen molar-refractivity contribution in [1.29, 1.82) is 0 Å². The Hall–Kier alpha value is -1.83. The van der Waals surface area contributed by atoms with Crippen LogP contribution in [0.4, 0.5) is 0 Å². The number of carbonyl (C=O) groups is 1. The van der Waals surface area contributed by atoms with Crippen LogP contribution in [-0.2, 0) is 11.2 Å². The van der Waals surface area contributed by atoms with Crippen molar-refractivity contribution in [2.45, 2.75) is 19.3 Å². The lowest BCUT2D eigenvalue weighted by molar-refractivity contribution is -0.114. The first-order chi connectivity index (χ1) is 7.75. The minimum atomic E-state index is -0.296. The molecule has 1 amide bonds. The number of carbonyl (C=O) groups excluding carboxylic acids is 1. The maximum Gasteiger partial charge on any atom is 0.244 e. The largest absolute Gasteiger partial charge is 0.366 e. The van der Waals surface area contributed by atoms with E-state index in [1.165, 1.54) is 11.1 Å². The molecule has 0 aromatic heterocycles. The first-order valence-electron chi connectivity index (χ1n) is 5.48. The molecule has 2 rings (SSSR count). The van der Waals surface area contributed by atoms with Crippen LogP contribution >= 0.6 is 0 Å². The fourth-order valence-corrected chi connectivity index (χ4v) is 1.89. The van der Waals surface area contributed by atoms with Crippen molar-refractivity contribution in [3.8, 4) is 0 Å². The zero-order valence-electron chi connectivity index (χ0n) is 9.15. The molecule has 0 fully saturated rings. The Balaban J connectivity index is 2.06. The van der Waals surface area contributed by atoms with E-state index in [0.29, 0.717) is 0 Å². The Morgan fingerprint density at radius 3 is 2.44 bits per heavy atom. The molecule has 1 aliphatic carbocycles. The molecule has 1 aliphatic rings. The van der Waals surface area contributed by atoms with Crippen LogP contribution in [-0.4, -0.2) is 5.91 Å². The Labute approximate surface area is 95.5 Å². The summed E-state index contributed by atoms with van der Waals surface area (Å²) in [5.41, 5.74) is 8.63. The van der Waals surface area contributed by atoms with Crippen LogP contribution in [0.25, 0.3) is 0 Å². The quantitative estimate of drug-likeness (QED) is 0.823. The van der Waals surface area contributed by atoms with Crippen LogP contribution < -0.4 is 5.73 Å². The van der Waals surface area contributed by atoms with Gasteiger partial charge in [-0.2, -0.15) is 0 Å². The van der Waals surface area contributed by atoms with Gasteiger partial charge in [-0.25, -0.2) is 0 Å². The summed E-state index contributed by atoms with van der Waals surface area (Å²) in [6.45, 7) is 0. The maximum absolute atomic E-state index is 10.9. The third-order valence-corrected chi connectivity index (χ3v) is 2.83. The highest BCUT2D eigenvalue weighted by atomic mass is 16.1. The smallest absolute Gasteiger partial charge is 0.244 e. The Morgan fingerprint density at radius 2 is 1.88 bits per heavy atom. The number of nitrogens with two attached hydrogens (primary N) is 1. The molecule has 0 bridgehead atoms. The van der Waals surface area contributed by atoms with Crippen LogP contribution in [0.5, 0.6) is 0 Å². The van der Waals surface area contributed by atoms with E-state index in [2.05, 4.69) is 12.1 Å². The third kappa shape index (κ3) is 2.60. The van der Waals surface area contributed by atoms with Gasteiger partial charge < -0.3 is 5.73 Å². The number of benzene rings is 1. The first kappa shape index (κ1) is 10.7. The standard InChI is InChI=1S/C14H15NO/c15-14(16)13-8-6-12(7-9-13)10-11-4-2-1-3-5-11/h1-6,8H,7,9-10H2,(H2,15,16). The minimum Gasteiger partial charge on any atom is -0.366 e. The lowest BCUT2D eigenvalue weighted by atomic mass is 9.93. The van der Waals surface area contributed by atoms with Gasteiger partial charge in [0, 0.05) is 5.57 Å². The van der Waals surface area contributed by atoms with Gasteiger partial charge in [-0.15, -0.1) is 0 Å². The topological polar surface area (TPSA) is 43.1 Å². The molecule has 82 valence electrons. The van der Waals surface area contributed by atoms with Crippen molar-refractivity contribution in [2.75, 3.05) is 0 Å². The summed E-state index contributed by atoms with van der Waals surface area (Å²) in [6, 6.07) is 10.3. The van der Waals surface area contributed by atoms with Gasteiger partial charge in [0.2, 0.25) is 5.91 Å². The minimum absolute atomic E-state index is 0.296. The van der Waals surface area contributed by atoms with Crippen molar-refractivity contribution >= 4 is 5.91 Å². The highest BCUT2D eigenvalue weighted by Crippen LogP contribution is 2.21. The number of hydrogen-bond donors (Lipinski definition) is 1. The van der Waals surface area contributed by atoms with E-state index >= 15 is 0 Å². The van der Waals surface area contributed by atoms with Gasteiger partial charge in [0.25, 0.3) is 0 Å². The molecule has 1 aromatic carbocycles. The average molecular weight is 213 g/mol. The fourth-order valence-electron chi connectivity index (χ4n) is 1.89. The molecule has 0 atom stereocenters. The molecule has 0 aliphatic heterocycles. The summed E-state index contributed by atoms with van der Waals surface area (Å²) in [7, 11) is 0. The molecule has 0 unspecified atom stereocenters. The molecule has 2 nitrogen and oxygen atoms in total. The molecule has 0 heterocycles. The van der Waals surface area contributed by atoms with Crippen LogP contribution in [0.15, 0.2) is 53.6 Å². The van der Waals surface area contributed by atoms with Gasteiger partial charge in [-0.1, -0.05) is 48.1 Å². The van der Waals surface area contributed by atoms with Crippen molar-refractivity contribution < 1.29 is 4.79 Å². The molecular weight excluding hydrogens is 198 g/mol. The second-order valence-corrected chi connectivity index (χ2v) is 4.04. The number of hydrogen-bond acceptors (Lipinski definition) is 1. The summed E-state index contributed by atoms with van der Waals surface area (Å²) < 4.78 is 0. The number of primary amides is 1. The van der Waals surface area contributed by atoms with E-state index in [9.17, 15) is 4.79 Å². The normalized spacial score (nSPS) is 15.2. The number of rotatable bonds is 3. The van der Waals surface area contributed by atoms with E-state index < -0.39 is 0 Å².